The van der Waals surface area contributed by atoms with Gasteiger partial charge in [0, 0.05) is 19.3 Å². The van der Waals surface area contributed by atoms with Crippen molar-refractivity contribution in [3.8, 4) is 0 Å². The molecule has 2 heterocycles. The molecule has 2 atom stereocenters. The van der Waals surface area contributed by atoms with Gasteiger partial charge in [-0.15, -0.1) is 0 Å². The maximum absolute atomic E-state index is 13.0. The van der Waals surface area contributed by atoms with Gasteiger partial charge in [0.1, 0.15) is 5.69 Å². The van der Waals surface area contributed by atoms with E-state index in [1.54, 1.807) is 29.8 Å². The van der Waals surface area contributed by atoms with E-state index in [0.717, 1.165) is 17.8 Å². The summed E-state index contributed by atoms with van der Waals surface area (Å²) in [5.74, 6) is -0.297. The fraction of sp³-hybridized carbons (Fsp3) is 0.389. The number of nitrogens with zero attached hydrogens (tertiary/aromatic N) is 2. The molecule has 3 rings (SSSR count). The minimum atomic E-state index is -4.45. The van der Waals surface area contributed by atoms with E-state index in [4.69, 9.17) is 0 Å². The Hall–Kier alpha value is -2.28. The number of carbonyl (C=O) groups is 1. The third kappa shape index (κ3) is 3.28. The van der Waals surface area contributed by atoms with Crippen LogP contribution in [0.15, 0.2) is 36.4 Å². The molecule has 1 aromatic carbocycles. The molecule has 1 N–H and O–H groups in total. The molecular weight excluding hydrogens is 333 g/mol. The summed E-state index contributed by atoms with van der Waals surface area (Å²) < 4.78 is 40.7. The summed E-state index contributed by atoms with van der Waals surface area (Å²) in [5, 5.41) is 10.0. The first kappa shape index (κ1) is 17.5. The van der Waals surface area contributed by atoms with Crippen LogP contribution in [0.4, 0.5) is 13.2 Å². The largest absolute Gasteiger partial charge is 0.416 e. The predicted molar refractivity (Wildman–Crippen MR) is 86.0 cm³/mol. The Morgan fingerprint density at radius 3 is 2.56 bits per heavy atom. The number of aryl methyl sites for hydroxylation is 1. The number of aliphatic hydroxyl groups is 1. The van der Waals surface area contributed by atoms with Crippen molar-refractivity contribution in [3.63, 3.8) is 0 Å². The summed E-state index contributed by atoms with van der Waals surface area (Å²) in [5.41, 5.74) is 0.974. The van der Waals surface area contributed by atoms with E-state index in [2.05, 4.69) is 0 Å². The number of rotatable bonds is 2. The molecule has 2 unspecified atom stereocenters. The van der Waals surface area contributed by atoms with Crippen molar-refractivity contribution in [2.45, 2.75) is 31.7 Å². The average Bonchev–Trinajstić information content (AvgIpc) is 3.10. The van der Waals surface area contributed by atoms with Crippen molar-refractivity contribution in [2.24, 2.45) is 7.05 Å². The van der Waals surface area contributed by atoms with Gasteiger partial charge in [0.05, 0.1) is 17.7 Å². The van der Waals surface area contributed by atoms with Gasteiger partial charge in [0.15, 0.2) is 0 Å². The molecule has 0 saturated carbocycles. The fourth-order valence-electron chi connectivity index (χ4n) is 3.25. The topological polar surface area (TPSA) is 45.5 Å². The second kappa shape index (κ2) is 6.22. The summed E-state index contributed by atoms with van der Waals surface area (Å²) in [6.07, 6.45) is -4.99. The molecule has 25 heavy (non-hydrogen) atoms. The third-order valence-electron chi connectivity index (χ3n) is 4.73. The predicted octanol–water partition coefficient (Wildman–Crippen LogP) is 3.30. The highest BCUT2D eigenvalue weighted by Crippen LogP contribution is 2.36. The Morgan fingerprint density at radius 1 is 1.24 bits per heavy atom. The number of aromatic nitrogens is 1. The van der Waals surface area contributed by atoms with Crippen LogP contribution in [0.5, 0.6) is 0 Å². The molecule has 0 spiro atoms. The molecule has 0 bridgehead atoms. The van der Waals surface area contributed by atoms with Gasteiger partial charge in [0.2, 0.25) is 0 Å². The van der Waals surface area contributed by atoms with Crippen LogP contribution in [0.25, 0.3) is 0 Å². The third-order valence-corrected chi connectivity index (χ3v) is 4.73. The van der Waals surface area contributed by atoms with Crippen molar-refractivity contribution >= 4 is 5.91 Å². The molecule has 0 radical (unpaired) electrons. The highest BCUT2D eigenvalue weighted by atomic mass is 19.4. The van der Waals surface area contributed by atoms with Gasteiger partial charge >= 0.3 is 6.18 Å². The maximum atomic E-state index is 13.0. The molecule has 1 aliphatic heterocycles. The number of alkyl halides is 3. The molecule has 7 heteroatoms. The first-order valence-electron chi connectivity index (χ1n) is 7.97. The fourth-order valence-corrected chi connectivity index (χ4v) is 3.25. The van der Waals surface area contributed by atoms with Gasteiger partial charge in [-0.3, -0.25) is 4.79 Å². The SMILES string of the molecule is Cc1ccc(C(=O)N2CC(O)CC2c2cccc(C(F)(F)F)c2)n1C. The highest BCUT2D eigenvalue weighted by Gasteiger charge is 2.38. The molecule has 2 aromatic rings. The Kier molecular flexibility index (Phi) is 4.36. The van der Waals surface area contributed by atoms with E-state index in [1.807, 2.05) is 6.92 Å². The molecule has 4 nitrogen and oxygen atoms in total. The monoisotopic (exact) mass is 352 g/mol. The van der Waals surface area contributed by atoms with Gasteiger partial charge in [-0.25, -0.2) is 0 Å². The van der Waals surface area contributed by atoms with Crippen molar-refractivity contribution in [1.29, 1.82) is 0 Å². The van der Waals surface area contributed by atoms with E-state index in [0.29, 0.717) is 11.3 Å². The molecule has 134 valence electrons. The average molecular weight is 352 g/mol. The van der Waals surface area contributed by atoms with Crippen LogP contribution in [0.2, 0.25) is 0 Å². The normalized spacial score (nSPS) is 21.0. The first-order valence-corrected chi connectivity index (χ1v) is 7.97. The van der Waals surface area contributed by atoms with Crippen molar-refractivity contribution in [1.82, 2.24) is 9.47 Å². The first-order chi connectivity index (χ1) is 11.7. The van der Waals surface area contributed by atoms with E-state index < -0.39 is 23.9 Å². The zero-order chi connectivity index (χ0) is 18.4. The number of β-amino-alcohol motifs (C(OH)–C–C–N with tert-alkyl or cyclic N) is 1. The lowest BCUT2D eigenvalue weighted by Gasteiger charge is -2.25. The van der Waals surface area contributed by atoms with Gasteiger partial charge in [-0.2, -0.15) is 13.2 Å². The van der Waals surface area contributed by atoms with E-state index in [1.165, 1.54) is 11.0 Å². The number of hydrogen-bond acceptors (Lipinski definition) is 2. The van der Waals surface area contributed by atoms with E-state index in [-0.39, 0.29) is 18.9 Å². The van der Waals surface area contributed by atoms with Gasteiger partial charge in [0.25, 0.3) is 5.91 Å². The van der Waals surface area contributed by atoms with Crippen molar-refractivity contribution < 1.29 is 23.1 Å². The number of aliphatic hydroxyl groups excluding tert-OH is 1. The van der Waals surface area contributed by atoms with Gasteiger partial charge in [-0.05, 0) is 43.2 Å². The quantitative estimate of drug-likeness (QED) is 0.901. The van der Waals surface area contributed by atoms with Crippen LogP contribution < -0.4 is 0 Å². The summed E-state index contributed by atoms with van der Waals surface area (Å²) in [4.78, 5) is 14.3. The Labute approximate surface area is 143 Å². The zero-order valence-corrected chi connectivity index (χ0v) is 13.9. The minimum absolute atomic E-state index is 0.101. The van der Waals surface area contributed by atoms with Crippen LogP contribution in [-0.4, -0.2) is 33.1 Å². The van der Waals surface area contributed by atoms with Crippen LogP contribution in [-0.2, 0) is 13.2 Å². The standard InChI is InChI=1S/C18H19F3N2O2/c1-11-6-7-15(22(11)2)17(25)23-10-14(24)9-16(23)12-4-3-5-13(8-12)18(19,20)21/h3-8,14,16,24H,9-10H2,1-2H3. The van der Waals surface area contributed by atoms with E-state index in [9.17, 15) is 23.1 Å². The second-order valence-electron chi connectivity index (χ2n) is 6.41. The number of amides is 1. The lowest BCUT2D eigenvalue weighted by atomic mass is 10.0. The summed E-state index contributed by atoms with van der Waals surface area (Å²) in [6.45, 7) is 1.96. The number of benzene rings is 1. The molecular formula is C18H19F3N2O2. The molecule has 1 aliphatic rings. The number of hydrogen-bond donors (Lipinski definition) is 1. The highest BCUT2D eigenvalue weighted by molar-refractivity contribution is 5.93. The molecule has 1 amide bonds. The lowest BCUT2D eigenvalue weighted by molar-refractivity contribution is -0.137. The van der Waals surface area contributed by atoms with Crippen LogP contribution >= 0.6 is 0 Å². The Bertz CT molecular complexity index is 798. The molecule has 1 fully saturated rings. The molecule has 0 aliphatic carbocycles. The lowest BCUT2D eigenvalue weighted by Crippen LogP contribution is -2.33. The minimum Gasteiger partial charge on any atom is -0.391 e. The Balaban J connectivity index is 1.95. The van der Waals surface area contributed by atoms with E-state index >= 15 is 0 Å². The number of likely N-dealkylation sites (tertiary alicyclic amines) is 1. The van der Waals surface area contributed by atoms with Crippen LogP contribution in [0.1, 0.15) is 39.8 Å². The van der Waals surface area contributed by atoms with Crippen molar-refractivity contribution in [3.05, 3.63) is 58.9 Å². The Morgan fingerprint density at radius 2 is 1.96 bits per heavy atom. The number of carbonyl (C=O) groups excluding carboxylic acids is 1. The van der Waals surface area contributed by atoms with Crippen molar-refractivity contribution in [2.75, 3.05) is 6.54 Å². The van der Waals surface area contributed by atoms with Gasteiger partial charge in [-0.1, -0.05) is 12.1 Å². The van der Waals surface area contributed by atoms with Crippen LogP contribution in [0, 0.1) is 6.92 Å². The maximum Gasteiger partial charge on any atom is 0.416 e. The second-order valence-corrected chi connectivity index (χ2v) is 6.41. The molecule has 1 aromatic heterocycles. The summed E-state index contributed by atoms with van der Waals surface area (Å²) in [7, 11) is 1.76. The van der Waals surface area contributed by atoms with Crippen LogP contribution in [0.3, 0.4) is 0 Å². The molecule has 1 saturated heterocycles. The smallest absolute Gasteiger partial charge is 0.391 e. The summed E-state index contributed by atoms with van der Waals surface area (Å²) in [6, 6.07) is 7.86. The van der Waals surface area contributed by atoms with Gasteiger partial charge < -0.3 is 14.6 Å². The summed E-state index contributed by atoms with van der Waals surface area (Å²) >= 11 is 0. The zero-order valence-electron chi connectivity index (χ0n) is 13.9. The number of halogens is 3.